The van der Waals surface area contributed by atoms with Crippen LogP contribution < -0.4 is 0 Å². The second-order valence-electron chi connectivity index (χ2n) is 9.10. The van der Waals surface area contributed by atoms with Gasteiger partial charge in [0, 0.05) is 53.4 Å². The molecule has 0 spiro atoms. The molecule has 0 radical (unpaired) electrons. The summed E-state index contributed by atoms with van der Waals surface area (Å²) in [4.78, 5) is 20.2. The Balaban J connectivity index is 1.66. The van der Waals surface area contributed by atoms with Gasteiger partial charge in [-0.1, -0.05) is 26.0 Å². The normalized spacial score (nSPS) is 20.8. The molecule has 2 aromatic rings. The fraction of sp³-hybridized carbons (Fsp3) is 0.440. The Kier molecular flexibility index (Phi) is 4.47. The van der Waals surface area contributed by atoms with Gasteiger partial charge in [-0.05, 0) is 42.8 Å². The van der Waals surface area contributed by atoms with Crippen LogP contribution >= 0.6 is 0 Å². The Bertz CT molecular complexity index is 1130. The van der Waals surface area contributed by atoms with Gasteiger partial charge in [0.2, 0.25) is 0 Å². The van der Waals surface area contributed by atoms with Crippen LogP contribution in [-0.4, -0.2) is 48.3 Å². The predicted molar refractivity (Wildman–Crippen MR) is 120 cm³/mol. The number of fused-ring (bicyclic) bond motifs is 3. The lowest BCUT2D eigenvalue weighted by Gasteiger charge is -2.39. The highest BCUT2D eigenvalue weighted by atomic mass is 16.5. The van der Waals surface area contributed by atoms with Crippen LogP contribution in [-0.2, 0) is 23.7 Å². The zero-order chi connectivity index (χ0) is 21.0. The highest BCUT2D eigenvalue weighted by Gasteiger charge is 2.43. The van der Waals surface area contributed by atoms with E-state index in [1.807, 2.05) is 0 Å². The molecule has 0 amide bonds. The van der Waals surface area contributed by atoms with E-state index in [0.29, 0.717) is 6.54 Å². The van der Waals surface area contributed by atoms with E-state index in [4.69, 9.17) is 4.74 Å². The van der Waals surface area contributed by atoms with Gasteiger partial charge in [0.05, 0.1) is 25.3 Å². The number of ketones is 1. The molecule has 2 heterocycles. The zero-order valence-electron chi connectivity index (χ0n) is 18.1. The number of nitrogens with zero attached hydrogens (tertiary/aromatic N) is 3. The van der Waals surface area contributed by atoms with Crippen LogP contribution in [0.2, 0.25) is 0 Å². The molecular formula is C25H29N3O2. The number of carbonyl (C=O) groups is 1. The molecular weight excluding hydrogens is 374 g/mol. The van der Waals surface area contributed by atoms with E-state index in [1.54, 1.807) is 0 Å². The molecule has 5 rings (SSSR count). The molecule has 1 aliphatic heterocycles. The van der Waals surface area contributed by atoms with Crippen LogP contribution in [0.4, 0.5) is 0 Å². The van der Waals surface area contributed by atoms with Gasteiger partial charge in [-0.15, -0.1) is 0 Å². The van der Waals surface area contributed by atoms with E-state index in [2.05, 4.69) is 66.3 Å². The van der Waals surface area contributed by atoms with Gasteiger partial charge in [-0.3, -0.25) is 9.79 Å². The minimum Gasteiger partial charge on any atom is -0.378 e. The Morgan fingerprint density at radius 2 is 1.97 bits per heavy atom. The molecule has 0 unspecified atom stereocenters. The molecule has 1 saturated heterocycles. The average molecular weight is 404 g/mol. The van der Waals surface area contributed by atoms with Crippen molar-refractivity contribution in [3.8, 4) is 0 Å². The smallest absolute Gasteiger partial charge is 0.191 e. The van der Waals surface area contributed by atoms with Crippen molar-refractivity contribution in [3.63, 3.8) is 0 Å². The minimum absolute atomic E-state index is 0.205. The fourth-order valence-corrected chi connectivity index (χ4v) is 5.56. The lowest BCUT2D eigenvalue weighted by Crippen LogP contribution is -2.38. The maximum absolute atomic E-state index is 13.7. The number of Topliss-reactive ketones (excluding diaryl/α,β-unsaturated/α-hetero) is 1. The Morgan fingerprint density at radius 1 is 1.20 bits per heavy atom. The lowest BCUT2D eigenvalue weighted by molar-refractivity contribution is 0.0517. The van der Waals surface area contributed by atoms with Crippen LogP contribution in [0.5, 0.6) is 0 Å². The van der Waals surface area contributed by atoms with Crippen LogP contribution in [0.15, 0.2) is 46.1 Å². The lowest BCUT2D eigenvalue weighted by atomic mass is 9.68. The van der Waals surface area contributed by atoms with Crippen molar-refractivity contribution in [1.82, 2.24) is 9.47 Å². The zero-order valence-corrected chi connectivity index (χ0v) is 18.1. The third kappa shape index (κ3) is 2.72. The third-order valence-corrected chi connectivity index (χ3v) is 7.01. The first-order chi connectivity index (χ1) is 14.4. The van der Waals surface area contributed by atoms with Gasteiger partial charge in [0.1, 0.15) is 0 Å². The Labute approximate surface area is 177 Å². The SMILES string of the molecule is C=NCc1ccc2c3c(n(C)c2c1)C(C)(C)C1=C(CCC(N2CCOCC2)=C1)C3=O. The first-order valence-electron chi connectivity index (χ1n) is 10.8. The van der Waals surface area contributed by atoms with Crippen molar-refractivity contribution in [3.05, 3.63) is 57.9 Å². The summed E-state index contributed by atoms with van der Waals surface area (Å²) in [5.41, 5.74) is 7.51. The van der Waals surface area contributed by atoms with Crippen LogP contribution in [0.3, 0.4) is 0 Å². The van der Waals surface area contributed by atoms with Gasteiger partial charge in [0.15, 0.2) is 5.78 Å². The van der Waals surface area contributed by atoms with Crippen LogP contribution in [0.25, 0.3) is 10.9 Å². The highest BCUT2D eigenvalue weighted by Crippen LogP contribution is 2.48. The number of aromatic nitrogens is 1. The number of aliphatic imine (C=N–C) groups is 1. The molecule has 1 fully saturated rings. The number of morpholine rings is 1. The Hall–Kier alpha value is -2.66. The molecule has 2 aliphatic carbocycles. The summed E-state index contributed by atoms with van der Waals surface area (Å²) >= 11 is 0. The predicted octanol–water partition coefficient (Wildman–Crippen LogP) is 4.16. The second kappa shape index (κ2) is 6.95. The van der Waals surface area contributed by atoms with Gasteiger partial charge >= 0.3 is 0 Å². The molecule has 0 saturated carbocycles. The number of carbonyl (C=O) groups excluding carboxylic acids is 1. The monoisotopic (exact) mass is 403 g/mol. The summed E-state index contributed by atoms with van der Waals surface area (Å²) in [6, 6.07) is 6.31. The molecule has 0 atom stereocenters. The molecule has 1 aromatic heterocycles. The number of benzene rings is 1. The number of rotatable bonds is 3. The van der Waals surface area contributed by atoms with E-state index in [0.717, 1.165) is 72.4 Å². The molecule has 0 N–H and O–H groups in total. The van der Waals surface area contributed by atoms with E-state index in [1.165, 1.54) is 11.3 Å². The number of ether oxygens (including phenoxy) is 1. The highest BCUT2D eigenvalue weighted by molar-refractivity contribution is 6.20. The van der Waals surface area contributed by atoms with Gasteiger partial charge in [-0.25, -0.2) is 0 Å². The summed E-state index contributed by atoms with van der Waals surface area (Å²) in [5.74, 6) is 0.205. The first kappa shape index (κ1) is 19.3. The molecule has 5 heteroatoms. The van der Waals surface area contributed by atoms with Gasteiger partial charge in [-0.2, -0.15) is 0 Å². The number of hydrogen-bond acceptors (Lipinski definition) is 4. The first-order valence-corrected chi connectivity index (χ1v) is 10.8. The fourth-order valence-electron chi connectivity index (χ4n) is 5.56. The topological polar surface area (TPSA) is 46.8 Å². The summed E-state index contributed by atoms with van der Waals surface area (Å²) in [7, 11) is 2.09. The number of allylic oxidation sites excluding steroid dienone is 4. The van der Waals surface area contributed by atoms with Crippen molar-refractivity contribution < 1.29 is 9.53 Å². The molecule has 1 aromatic carbocycles. The molecule has 5 nitrogen and oxygen atoms in total. The Morgan fingerprint density at radius 3 is 2.70 bits per heavy atom. The average Bonchev–Trinajstić information content (AvgIpc) is 3.06. The number of aryl methyl sites for hydroxylation is 1. The quantitative estimate of drug-likeness (QED) is 0.723. The minimum atomic E-state index is -0.235. The second-order valence-corrected chi connectivity index (χ2v) is 9.10. The van der Waals surface area contributed by atoms with Crippen molar-refractivity contribution in [2.45, 2.75) is 38.6 Å². The van der Waals surface area contributed by atoms with E-state index >= 15 is 0 Å². The molecule has 30 heavy (non-hydrogen) atoms. The maximum Gasteiger partial charge on any atom is 0.191 e. The largest absolute Gasteiger partial charge is 0.378 e. The van der Waals surface area contributed by atoms with Crippen LogP contribution in [0.1, 0.15) is 48.3 Å². The van der Waals surface area contributed by atoms with Crippen molar-refractivity contribution in [2.75, 3.05) is 26.3 Å². The summed E-state index contributed by atoms with van der Waals surface area (Å²) in [5, 5.41) is 1.05. The van der Waals surface area contributed by atoms with Crippen LogP contribution in [0, 0.1) is 0 Å². The van der Waals surface area contributed by atoms with E-state index < -0.39 is 0 Å². The third-order valence-electron chi connectivity index (χ3n) is 7.01. The summed E-state index contributed by atoms with van der Waals surface area (Å²) in [6.07, 6.45) is 4.04. The van der Waals surface area contributed by atoms with Crippen molar-refractivity contribution >= 4 is 23.4 Å². The molecule has 3 aliphatic rings. The van der Waals surface area contributed by atoms with E-state index in [-0.39, 0.29) is 11.2 Å². The molecule has 156 valence electrons. The van der Waals surface area contributed by atoms with Gasteiger partial charge < -0.3 is 14.2 Å². The molecule has 0 bridgehead atoms. The van der Waals surface area contributed by atoms with Crippen molar-refractivity contribution in [1.29, 1.82) is 0 Å². The number of hydrogen-bond donors (Lipinski definition) is 0. The van der Waals surface area contributed by atoms with E-state index in [9.17, 15) is 4.79 Å². The maximum atomic E-state index is 13.7. The van der Waals surface area contributed by atoms with Gasteiger partial charge in [0.25, 0.3) is 0 Å². The summed E-state index contributed by atoms with van der Waals surface area (Å²) in [6.45, 7) is 12.1. The summed E-state index contributed by atoms with van der Waals surface area (Å²) < 4.78 is 7.75. The standard InChI is InChI=1S/C25H29N3O2/c1-25(2)20-14-17(28-9-11-30-12-10-28)6-8-18(20)23(29)22-19-7-5-16(15-26-3)13-21(19)27(4)24(22)25/h5,7,13-14H,3,6,8-12,15H2,1-2,4H3. The van der Waals surface area contributed by atoms with Crippen molar-refractivity contribution in [2.24, 2.45) is 12.0 Å².